The number of carboxylic acids is 1. The number of esters is 1. The summed E-state index contributed by atoms with van der Waals surface area (Å²) in [5, 5.41) is 25.0. The number of hydrogen-bond donors (Lipinski definition) is 3. The van der Waals surface area contributed by atoms with Gasteiger partial charge in [0.2, 0.25) is 11.9 Å². The van der Waals surface area contributed by atoms with Crippen LogP contribution in [0.3, 0.4) is 0 Å². The zero-order valence-electron chi connectivity index (χ0n) is 69.2. The third-order valence-corrected chi connectivity index (χ3v) is 22.4. The Labute approximate surface area is 663 Å². The molecule has 1 aromatic heterocycles. The second-order valence-electron chi connectivity index (χ2n) is 31.4. The van der Waals surface area contributed by atoms with Crippen LogP contribution in [0.25, 0.3) is 0 Å². The Balaban J connectivity index is 1.25. The van der Waals surface area contributed by atoms with Crippen molar-refractivity contribution in [2.24, 2.45) is 0 Å². The summed E-state index contributed by atoms with van der Waals surface area (Å²) in [6.07, 6.45) is 54.9. The molecule has 616 valence electrons. The van der Waals surface area contributed by atoms with E-state index in [1.54, 1.807) is 38.5 Å². The van der Waals surface area contributed by atoms with E-state index in [4.69, 9.17) is 37.9 Å². The number of ether oxygens (including phenoxy) is 8. The standard InChI is InChI=1S/C94H146N2O14/c1-7-10-13-16-19-22-25-28-31-34-37-40-43-46-49-55-68-105-83-71-77(72-84(106-69-56-50-47-44-41-38-35-32-29-26-23-20-17-14-11-8-2)87(83)107-70-57-51-48-45-42-39-36-33-30-27-24-21-18-15-12-9-3)91(100)110-88(90(98)99)93(102)73-86(96-74-76(4)89(97)95-92(96)101)109-85(93)75-108-94(78-58-53-52-54-59-78,79-60-64-81(103-5)65-61-79)80-62-66-82(104-6)67-63-80/h52-54,58-67,71-72,74,85-86,88,102H,7-51,55-57,68-70,73,75H2,1-6H3,(H,98,99)(H,95,97,101)/t85-,86-,88?,93+/m1/s1. The largest absolute Gasteiger partial charge is 0.497 e. The van der Waals surface area contributed by atoms with Gasteiger partial charge >= 0.3 is 17.6 Å². The first-order chi connectivity index (χ1) is 53.8. The molecule has 6 rings (SSSR count). The van der Waals surface area contributed by atoms with E-state index in [9.17, 15) is 24.6 Å². The minimum absolute atomic E-state index is 0.0728. The molecule has 0 bridgehead atoms. The van der Waals surface area contributed by atoms with E-state index >= 15 is 4.79 Å². The highest BCUT2D eigenvalue weighted by molar-refractivity contribution is 5.93. The van der Waals surface area contributed by atoms with Crippen LogP contribution >= 0.6 is 0 Å². The number of nitrogens with one attached hydrogen (secondary N) is 1. The lowest BCUT2D eigenvalue weighted by molar-refractivity contribution is -0.180. The molecule has 0 saturated carbocycles. The zero-order valence-corrected chi connectivity index (χ0v) is 69.2. The molecule has 4 atom stereocenters. The number of carboxylic acid groups (broad SMARTS) is 1. The van der Waals surface area contributed by atoms with E-state index in [1.807, 2.05) is 54.6 Å². The molecule has 5 aromatic rings. The number of aromatic amines is 1. The molecule has 1 saturated heterocycles. The fourth-order valence-electron chi connectivity index (χ4n) is 15.5. The van der Waals surface area contributed by atoms with Gasteiger partial charge in [0.25, 0.3) is 5.56 Å². The van der Waals surface area contributed by atoms with Gasteiger partial charge in [-0.2, -0.15) is 0 Å². The predicted molar refractivity (Wildman–Crippen MR) is 446 cm³/mol. The van der Waals surface area contributed by atoms with E-state index in [-0.39, 0.29) is 22.6 Å². The average Bonchev–Trinajstić information content (AvgIpc) is 1.44. The summed E-state index contributed by atoms with van der Waals surface area (Å²) >= 11 is 0. The number of carbonyl (C=O) groups excluding carboxylic acids is 1. The Hall–Kier alpha value is -6.62. The highest BCUT2D eigenvalue weighted by Crippen LogP contribution is 2.47. The van der Waals surface area contributed by atoms with Crippen molar-refractivity contribution in [2.45, 2.75) is 372 Å². The average molecular weight is 1530 g/mol. The third-order valence-electron chi connectivity index (χ3n) is 22.4. The Kier molecular flexibility index (Phi) is 46.8. The molecule has 3 N–H and O–H groups in total. The van der Waals surface area contributed by atoms with Crippen LogP contribution < -0.4 is 34.9 Å². The number of aliphatic hydroxyl groups is 1. The van der Waals surface area contributed by atoms with Crippen molar-refractivity contribution in [3.8, 4) is 28.7 Å². The van der Waals surface area contributed by atoms with Gasteiger partial charge in [0.15, 0.2) is 11.5 Å². The summed E-state index contributed by atoms with van der Waals surface area (Å²) in [6.45, 7) is 8.88. The Bertz CT molecular complexity index is 3230. The van der Waals surface area contributed by atoms with Crippen LogP contribution in [0, 0.1) is 6.92 Å². The van der Waals surface area contributed by atoms with Gasteiger partial charge in [0, 0.05) is 18.2 Å². The summed E-state index contributed by atoms with van der Waals surface area (Å²) in [5.41, 5.74) is -3.53. The number of aryl methyl sites for hydroxylation is 1. The summed E-state index contributed by atoms with van der Waals surface area (Å²) in [4.78, 5) is 58.4. The van der Waals surface area contributed by atoms with Gasteiger partial charge in [-0.1, -0.05) is 364 Å². The van der Waals surface area contributed by atoms with Crippen LogP contribution in [0.2, 0.25) is 0 Å². The maximum atomic E-state index is 15.3. The molecule has 16 nitrogen and oxygen atoms in total. The van der Waals surface area contributed by atoms with E-state index in [1.165, 1.54) is 263 Å². The first-order valence-corrected chi connectivity index (χ1v) is 44.0. The number of aromatic nitrogens is 2. The van der Waals surface area contributed by atoms with Crippen LogP contribution in [-0.2, 0) is 24.6 Å². The lowest BCUT2D eigenvalue weighted by Gasteiger charge is -2.39. The first kappa shape index (κ1) is 92.3. The van der Waals surface area contributed by atoms with Crippen molar-refractivity contribution in [1.29, 1.82) is 0 Å². The molecule has 2 heterocycles. The molecular weight excluding hydrogens is 1380 g/mol. The van der Waals surface area contributed by atoms with Crippen molar-refractivity contribution < 1.29 is 57.7 Å². The molecule has 1 unspecified atom stereocenters. The van der Waals surface area contributed by atoms with Gasteiger partial charge in [0.05, 0.1) is 46.2 Å². The number of methoxy groups -OCH3 is 2. The predicted octanol–water partition coefficient (Wildman–Crippen LogP) is 24.1. The molecule has 1 fully saturated rings. The van der Waals surface area contributed by atoms with Crippen molar-refractivity contribution >= 4 is 11.9 Å². The van der Waals surface area contributed by atoms with Crippen LogP contribution in [0.15, 0.2) is 107 Å². The van der Waals surface area contributed by atoms with Gasteiger partial charge in [-0.25, -0.2) is 14.4 Å². The number of benzene rings is 4. The number of aliphatic carboxylic acids is 1. The Morgan fingerprint density at radius 1 is 0.491 bits per heavy atom. The maximum Gasteiger partial charge on any atom is 0.348 e. The smallest absolute Gasteiger partial charge is 0.348 e. The van der Waals surface area contributed by atoms with Gasteiger partial charge < -0.3 is 48.1 Å². The highest BCUT2D eigenvalue weighted by Gasteiger charge is 2.59. The molecular formula is C94H146N2O14. The monoisotopic (exact) mass is 1530 g/mol. The fraction of sp³-hybridized carbons (Fsp3) is 0.681. The fourth-order valence-corrected chi connectivity index (χ4v) is 15.5. The van der Waals surface area contributed by atoms with Gasteiger partial charge in [0.1, 0.15) is 35.0 Å². The molecule has 16 heteroatoms. The van der Waals surface area contributed by atoms with E-state index in [2.05, 4.69) is 25.8 Å². The van der Waals surface area contributed by atoms with Crippen molar-refractivity contribution in [3.63, 3.8) is 0 Å². The van der Waals surface area contributed by atoms with Crippen LogP contribution in [0.1, 0.15) is 374 Å². The first-order valence-electron chi connectivity index (χ1n) is 44.0. The van der Waals surface area contributed by atoms with Crippen molar-refractivity contribution in [1.82, 2.24) is 9.55 Å². The molecule has 1 aliphatic rings. The number of rotatable bonds is 67. The van der Waals surface area contributed by atoms with Gasteiger partial charge in [-0.05, 0) is 79.3 Å². The van der Waals surface area contributed by atoms with E-state index in [0.717, 1.165) is 75.2 Å². The molecule has 0 aliphatic carbocycles. The minimum Gasteiger partial charge on any atom is -0.497 e. The molecule has 4 aromatic carbocycles. The Morgan fingerprint density at radius 2 is 0.827 bits per heavy atom. The summed E-state index contributed by atoms with van der Waals surface area (Å²) < 4.78 is 52.6. The summed E-state index contributed by atoms with van der Waals surface area (Å²) in [5.74, 6) is -0.644. The lowest BCUT2D eigenvalue weighted by atomic mass is 9.79. The third kappa shape index (κ3) is 33.2. The van der Waals surface area contributed by atoms with Gasteiger partial charge in [-0.15, -0.1) is 0 Å². The quantitative estimate of drug-likeness (QED) is 0.0188. The second-order valence-corrected chi connectivity index (χ2v) is 31.4. The number of carbonyl (C=O) groups is 2. The van der Waals surface area contributed by atoms with Crippen LogP contribution in [-0.4, -0.2) is 90.2 Å². The summed E-state index contributed by atoms with van der Waals surface area (Å²) in [7, 11) is 3.15. The SMILES string of the molecule is CCCCCCCCCCCCCCCCCCOc1cc(C(=O)OC(C(=O)O)[C@]2(O)C[C@H](n3cc(C)c(=O)[nH]c3=O)O[C@@H]2COC(c2ccccc2)(c2ccc(OC)cc2)c2ccc(OC)cc2)cc(OCCCCCCCCCCCCCCCCCC)c1OCCCCCCCCCCCCCCCCCC. The lowest BCUT2D eigenvalue weighted by Crippen LogP contribution is -2.56. The molecule has 0 amide bonds. The topological polar surface area (TPSA) is 203 Å². The molecule has 110 heavy (non-hydrogen) atoms. The number of hydrogen-bond acceptors (Lipinski definition) is 13. The zero-order chi connectivity index (χ0) is 78.5. The molecule has 0 radical (unpaired) electrons. The maximum absolute atomic E-state index is 15.3. The summed E-state index contributed by atoms with van der Waals surface area (Å²) in [6, 6.07) is 27.2. The Morgan fingerprint density at radius 3 is 1.17 bits per heavy atom. The van der Waals surface area contributed by atoms with E-state index < -0.39 is 65.9 Å². The van der Waals surface area contributed by atoms with Crippen molar-refractivity contribution in [2.75, 3.05) is 40.6 Å². The highest BCUT2D eigenvalue weighted by atomic mass is 16.6. The number of H-pyrrole nitrogens is 1. The van der Waals surface area contributed by atoms with Crippen LogP contribution in [0.5, 0.6) is 28.7 Å². The van der Waals surface area contributed by atoms with Crippen LogP contribution in [0.4, 0.5) is 0 Å². The van der Waals surface area contributed by atoms with Crippen molar-refractivity contribution in [3.05, 3.63) is 146 Å². The number of unbranched alkanes of at least 4 members (excludes halogenated alkanes) is 45. The molecule has 1 aliphatic heterocycles. The molecule has 0 spiro atoms. The van der Waals surface area contributed by atoms with E-state index in [0.29, 0.717) is 53.8 Å². The normalized spacial score (nSPS) is 15.3. The number of nitrogens with zero attached hydrogens (tertiary/aromatic N) is 1. The second kappa shape index (κ2) is 55.8. The minimum atomic E-state index is -2.60. The van der Waals surface area contributed by atoms with Gasteiger partial charge in [-0.3, -0.25) is 14.3 Å².